The third kappa shape index (κ3) is 3.29. The van der Waals surface area contributed by atoms with Crippen molar-refractivity contribution in [2.75, 3.05) is 0 Å². The normalized spacial score (nSPS) is 16.8. The lowest BCUT2D eigenvalue weighted by molar-refractivity contribution is -0.115. The van der Waals surface area contributed by atoms with Crippen molar-refractivity contribution in [3.63, 3.8) is 0 Å². The zero-order valence-electron chi connectivity index (χ0n) is 8.58. The summed E-state index contributed by atoms with van der Waals surface area (Å²) < 4.78 is 0. The van der Waals surface area contributed by atoms with Gasteiger partial charge in [0.1, 0.15) is 0 Å². The number of carbonyl (C=O) groups is 2. The van der Waals surface area contributed by atoms with Crippen molar-refractivity contribution < 1.29 is 9.59 Å². The summed E-state index contributed by atoms with van der Waals surface area (Å²) in [5.41, 5.74) is 0.872. The lowest BCUT2D eigenvalue weighted by Crippen LogP contribution is -2.03. The smallest absolute Gasteiger partial charge is 0.181 e. The average molecular weight is 192 g/mol. The minimum Gasteiger partial charge on any atom is -0.295 e. The number of hydrogen-bond donors (Lipinski definition) is 0. The molecular weight excluding hydrogens is 176 g/mol. The fourth-order valence-electron chi connectivity index (χ4n) is 1.46. The summed E-state index contributed by atoms with van der Waals surface area (Å²) in [7, 11) is 0. The molecule has 14 heavy (non-hydrogen) atoms. The van der Waals surface area contributed by atoms with E-state index in [2.05, 4.69) is 0 Å². The van der Waals surface area contributed by atoms with Crippen LogP contribution in [0.1, 0.15) is 39.0 Å². The molecule has 0 aromatic rings. The second kappa shape index (κ2) is 5.53. The fraction of sp³-hybridized carbons (Fsp3) is 0.500. The highest BCUT2D eigenvalue weighted by molar-refractivity contribution is 6.07. The number of allylic oxidation sites excluding steroid dienone is 4. The van der Waals surface area contributed by atoms with Gasteiger partial charge in [0.05, 0.1) is 0 Å². The van der Waals surface area contributed by atoms with Gasteiger partial charge in [0.2, 0.25) is 0 Å². The molecule has 0 saturated heterocycles. The molecule has 0 aromatic carbocycles. The maximum Gasteiger partial charge on any atom is 0.181 e. The molecule has 0 amide bonds. The van der Waals surface area contributed by atoms with E-state index in [4.69, 9.17) is 0 Å². The van der Waals surface area contributed by atoms with Gasteiger partial charge in [0.25, 0.3) is 0 Å². The minimum absolute atomic E-state index is 0.00602. The molecule has 0 aromatic heterocycles. The number of carbonyl (C=O) groups excluding carboxylic acids is 2. The Bertz CT molecular complexity index is 285. The topological polar surface area (TPSA) is 34.1 Å². The molecule has 2 heteroatoms. The van der Waals surface area contributed by atoms with Crippen molar-refractivity contribution in [2.45, 2.75) is 39.0 Å². The fourth-order valence-corrected chi connectivity index (χ4v) is 1.46. The predicted octanol–water partition coefficient (Wildman–Crippen LogP) is 2.59. The van der Waals surface area contributed by atoms with Crippen molar-refractivity contribution in [1.82, 2.24) is 0 Å². The standard InChI is InChI=1S/C12H16O2/c1-2-11(13)8-9-12(14)10-6-4-3-5-7-10/h6,8-9H,2-5,7H2,1H3/b9-8-. The molecule has 1 aliphatic carbocycles. The highest BCUT2D eigenvalue weighted by Crippen LogP contribution is 2.18. The monoisotopic (exact) mass is 192 g/mol. The Hall–Kier alpha value is -1.18. The zero-order valence-corrected chi connectivity index (χ0v) is 8.58. The minimum atomic E-state index is 0.00602. The quantitative estimate of drug-likeness (QED) is 0.641. The van der Waals surface area contributed by atoms with Crippen LogP contribution in [0.25, 0.3) is 0 Å². The van der Waals surface area contributed by atoms with Crippen LogP contribution in [-0.4, -0.2) is 11.6 Å². The molecule has 0 aliphatic heterocycles. The summed E-state index contributed by atoms with van der Waals surface area (Å²) in [5, 5.41) is 0. The van der Waals surface area contributed by atoms with Crippen LogP contribution >= 0.6 is 0 Å². The van der Waals surface area contributed by atoms with E-state index < -0.39 is 0 Å². The molecule has 2 nitrogen and oxygen atoms in total. The van der Waals surface area contributed by atoms with Gasteiger partial charge in [0.15, 0.2) is 11.6 Å². The van der Waals surface area contributed by atoms with Gasteiger partial charge in [-0.25, -0.2) is 0 Å². The maximum absolute atomic E-state index is 11.5. The summed E-state index contributed by atoms with van der Waals surface area (Å²) >= 11 is 0. The molecule has 0 saturated carbocycles. The molecule has 0 spiro atoms. The molecule has 0 fully saturated rings. The van der Waals surface area contributed by atoms with Crippen LogP contribution in [0, 0.1) is 0 Å². The lowest BCUT2D eigenvalue weighted by Gasteiger charge is -2.08. The molecule has 1 rings (SSSR count). The van der Waals surface area contributed by atoms with Gasteiger partial charge < -0.3 is 0 Å². The Kier molecular flexibility index (Phi) is 4.30. The summed E-state index contributed by atoms with van der Waals surface area (Å²) in [6.45, 7) is 1.79. The number of ketones is 2. The van der Waals surface area contributed by atoms with E-state index in [1.807, 2.05) is 6.08 Å². The summed E-state index contributed by atoms with van der Waals surface area (Å²) in [4.78, 5) is 22.5. The SMILES string of the molecule is CCC(=O)/C=C\C(=O)C1=CCCCC1. The van der Waals surface area contributed by atoms with E-state index in [1.165, 1.54) is 18.6 Å². The van der Waals surface area contributed by atoms with Crippen LogP contribution in [0.2, 0.25) is 0 Å². The molecular formula is C12H16O2. The first-order valence-electron chi connectivity index (χ1n) is 5.18. The molecule has 0 unspecified atom stereocenters. The van der Waals surface area contributed by atoms with Crippen molar-refractivity contribution in [2.24, 2.45) is 0 Å². The Labute approximate surface area is 84.7 Å². The van der Waals surface area contributed by atoms with Crippen molar-refractivity contribution in [3.8, 4) is 0 Å². The van der Waals surface area contributed by atoms with Gasteiger partial charge in [-0.1, -0.05) is 13.0 Å². The van der Waals surface area contributed by atoms with Crippen LogP contribution in [-0.2, 0) is 9.59 Å². The van der Waals surface area contributed by atoms with Gasteiger partial charge in [-0.2, -0.15) is 0 Å². The highest BCUT2D eigenvalue weighted by atomic mass is 16.1. The Morgan fingerprint density at radius 3 is 2.71 bits per heavy atom. The highest BCUT2D eigenvalue weighted by Gasteiger charge is 2.09. The summed E-state index contributed by atoms with van der Waals surface area (Å²) in [6.07, 6.45) is 9.37. The third-order valence-corrected chi connectivity index (χ3v) is 2.38. The van der Waals surface area contributed by atoms with E-state index in [0.717, 1.165) is 24.8 Å². The molecule has 0 N–H and O–H groups in total. The first kappa shape index (κ1) is 10.9. The zero-order chi connectivity index (χ0) is 10.4. The van der Waals surface area contributed by atoms with Crippen molar-refractivity contribution in [1.29, 1.82) is 0 Å². The van der Waals surface area contributed by atoms with Gasteiger partial charge in [-0.05, 0) is 43.4 Å². The molecule has 0 radical (unpaired) electrons. The number of rotatable bonds is 4. The molecule has 0 heterocycles. The molecule has 1 aliphatic rings. The lowest BCUT2D eigenvalue weighted by atomic mass is 9.96. The Balaban J connectivity index is 2.53. The van der Waals surface area contributed by atoms with Gasteiger partial charge in [0, 0.05) is 6.42 Å². The second-order valence-electron chi connectivity index (χ2n) is 3.49. The van der Waals surface area contributed by atoms with Crippen molar-refractivity contribution in [3.05, 3.63) is 23.8 Å². The van der Waals surface area contributed by atoms with Gasteiger partial charge in [-0.15, -0.1) is 0 Å². The first-order chi connectivity index (χ1) is 6.74. The van der Waals surface area contributed by atoms with Gasteiger partial charge >= 0.3 is 0 Å². The summed E-state index contributed by atoms with van der Waals surface area (Å²) in [5.74, 6) is 0.0151. The molecule has 0 atom stereocenters. The Morgan fingerprint density at radius 2 is 2.14 bits per heavy atom. The first-order valence-corrected chi connectivity index (χ1v) is 5.18. The molecule has 76 valence electrons. The average Bonchev–Trinajstić information content (AvgIpc) is 2.26. The van der Waals surface area contributed by atoms with E-state index in [1.54, 1.807) is 6.92 Å². The van der Waals surface area contributed by atoms with Crippen LogP contribution in [0.3, 0.4) is 0 Å². The van der Waals surface area contributed by atoms with E-state index in [0.29, 0.717) is 6.42 Å². The largest absolute Gasteiger partial charge is 0.295 e. The predicted molar refractivity (Wildman–Crippen MR) is 56.0 cm³/mol. The summed E-state index contributed by atoms with van der Waals surface area (Å²) in [6, 6.07) is 0. The van der Waals surface area contributed by atoms with Crippen LogP contribution in [0.5, 0.6) is 0 Å². The Morgan fingerprint density at radius 1 is 1.36 bits per heavy atom. The number of hydrogen-bond acceptors (Lipinski definition) is 2. The van der Waals surface area contributed by atoms with E-state index >= 15 is 0 Å². The maximum atomic E-state index is 11.5. The van der Waals surface area contributed by atoms with Crippen LogP contribution < -0.4 is 0 Å². The van der Waals surface area contributed by atoms with Gasteiger partial charge in [-0.3, -0.25) is 9.59 Å². The van der Waals surface area contributed by atoms with Crippen LogP contribution in [0.4, 0.5) is 0 Å². The third-order valence-electron chi connectivity index (χ3n) is 2.38. The van der Waals surface area contributed by atoms with E-state index in [-0.39, 0.29) is 11.6 Å². The second-order valence-corrected chi connectivity index (χ2v) is 3.49. The molecule has 0 bridgehead atoms. The van der Waals surface area contributed by atoms with Crippen molar-refractivity contribution >= 4 is 11.6 Å². The van der Waals surface area contributed by atoms with E-state index in [9.17, 15) is 9.59 Å². The van der Waals surface area contributed by atoms with Crippen LogP contribution in [0.15, 0.2) is 23.8 Å².